The SMILES string of the molecule is O=C(NC(C(=O)N1CCCC(O)(C(=O)O)C1)C1CCC1)OCC1c2ccccc2-c2ccccc21. The van der Waals surface area contributed by atoms with Gasteiger partial charge < -0.3 is 25.2 Å². The first-order valence-electron chi connectivity index (χ1n) is 12.2. The topological polar surface area (TPSA) is 116 Å². The van der Waals surface area contributed by atoms with E-state index in [-0.39, 0.29) is 37.3 Å². The molecule has 1 saturated carbocycles. The van der Waals surface area contributed by atoms with Crippen LogP contribution in [0.5, 0.6) is 0 Å². The summed E-state index contributed by atoms with van der Waals surface area (Å²) in [6.07, 6.45) is 2.40. The quantitative estimate of drug-likeness (QED) is 0.588. The number of carbonyl (C=O) groups excluding carboxylic acids is 2. The molecule has 2 aliphatic carbocycles. The zero-order valence-electron chi connectivity index (χ0n) is 19.5. The summed E-state index contributed by atoms with van der Waals surface area (Å²) < 4.78 is 5.64. The first-order chi connectivity index (χ1) is 16.9. The Morgan fingerprint density at radius 3 is 2.23 bits per heavy atom. The Labute approximate surface area is 203 Å². The number of carboxylic acid groups (broad SMARTS) is 1. The van der Waals surface area contributed by atoms with E-state index < -0.39 is 23.7 Å². The lowest BCUT2D eigenvalue weighted by Crippen LogP contribution is -2.60. The van der Waals surface area contributed by atoms with Crippen molar-refractivity contribution >= 4 is 18.0 Å². The molecule has 3 N–H and O–H groups in total. The molecule has 8 nitrogen and oxygen atoms in total. The smallest absolute Gasteiger partial charge is 0.407 e. The lowest BCUT2D eigenvalue weighted by Gasteiger charge is -2.41. The highest BCUT2D eigenvalue weighted by Crippen LogP contribution is 2.44. The minimum absolute atomic E-state index is 0.0252. The molecule has 2 aromatic rings. The molecule has 1 saturated heterocycles. The maximum atomic E-state index is 13.3. The van der Waals surface area contributed by atoms with Gasteiger partial charge in [-0.2, -0.15) is 0 Å². The number of nitrogens with one attached hydrogen (secondary N) is 1. The Hall–Kier alpha value is -3.39. The van der Waals surface area contributed by atoms with E-state index in [2.05, 4.69) is 17.4 Å². The Bertz CT molecular complexity index is 1100. The fourth-order valence-electron chi connectivity index (χ4n) is 5.52. The molecular formula is C27H30N2O6. The van der Waals surface area contributed by atoms with Crippen LogP contribution in [0, 0.1) is 5.92 Å². The molecule has 2 unspecified atom stereocenters. The Kier molecular flexibility index (Phi) is 6.23. The third kappa shape index (κ3) is 4.38. The number of hydrogen-bond acceptors (Lipinski definition) is 5. The van der Waals surface area contributed by atoms with E-state index in [4.69, 9.17) is 4.74 Å². The molecule has 2 aromatic carbocycles. The summed E-state index contributed by atoms with van der Waals surface area (Å²) in [7, 11) is 0. The summed E-state index contributed by atoms with van der Waals surface area (Å²) in [6.45, 7) is 0.217. The zero-order valence-corrected chi connectivity index (χ0v) is 19.5. The van der Waals surface area contributed by atoms with Crippen molar-refractivity contribution in [3.8, 4) is 11.1 Å². The van der Waals surface area contributed by atoms with Gasteiger partial charge in [-0.25, -0.2) is 9.59 Å². The van der Waals surface area contributed by atoms with Crippen LogP contribution in [0.15, 0.2) is 48.5 Å². The van der Waals surface area contributed by atoms with Crippen LogP contribution in [0.2, 0.25) is 0 Å². The first kappa shape index (κ1) is 23.4. The van der Waals surface area contributed by atoms with Crippen molar-refractivity contribution in [2.24, 2.45) is 5.92 Å². The summed E-state index contributed by atoms with van der Waals surface area (Å²) in [5, 5.41) is 22.5. The van der Waals surface area contributed by atoms with Gasteiger partial charge >= 0.3 is 12.1 Å². The average molecular weight is 479 g/mol. The molecule has 3 aliphatic rings. The number of nitrogens with zero attached hydrogens (tertiary/aromatic N) is 1. The molecule has 0 aromatic heterocycles. The number of piperidine rings is 1. The molecular weight excluding hydrogens is 448 g/mol. The molecule has 184 valence electrons. The van der Waals surface area contributed by atoms with Crippen LogP contribution in [0.1, 0.15) is 49.1 Å². The Morgan fingerprint density at radius 2 is 1.66 bits per heavy atom. The second kappa shape index (κ2) is 9.34. The fraction of sp³-hybridized carbons (Fsp3) is 0.444. The number of carboxylic acids is 1. The molecule has 2 fully saturated rings. The molecule has 0 spiro atoms. The van der Waals surface area contributed by atoms with Crippen molar-refractivity contribution in [2.75, 3.05) is 19.7 Å². The molecule has 1 aliphatic heterocycles. The molecule has 35 heavy (non-hydrogen) atoms. The highest BCUT2D eigenvalue weighted by Gasteiger charge is 2.45. The van der Waals surface area contributed by atoms with Crippen molar-refractivity contribution in [1.29, 1.82) is 0 Å². The van der Waals surface area contributed by atoms with E-state index in [0.717, 1.165) is 41.5 Å². The summed E-state index contributed by atoms with van der Waals surface area (Å²) >= 11 is 0. The van der Waals surface area contributed by atoms with E-state index in [0.29, 0.717) is 13.0 Å². The van der Waals surface area contributed by atoms with Crippen LogP contribution in [0.4, 0.5) is 4.79 Å². The highest BCUT2D eigenvalue weighted by atomic mass is 16.5. The van der Waals surface area contributed by atoms with Crippen molar-refractivity contribution in [3.05, 3.63) is 59.7 Å². The van der Waals surface area contributed by atoms with Gasteiger partial charge in [0.1, 0.15) is 12.6 Å². The van der Waals surface area contributed by atoms with Gasteiger partial charge in [0, 0.05) is 12.5 Å². The largest absolute Gasteiger partial charge is 0.479 e. The monoisotopic (exact) mass is 478 g/mol. The maximum Gasteiger partial charge on any atom is 0.407 e. The van der Waals surface area contributed by atoms with Gasteiger partial charge in [-0.3, -0.25) is 4.79 Å². The second-order valence-corrected chi connectivity index (χ2v) is 9.84. The van der Waals surface area contributed by atoms with E-state index in [1.54, 1.807) is 0 Å². The summed E-state index contributed by atoms with van der Waals surface area (Å²) in [5.74, 6) is -1.80. The van der Waals surface area contributed by atoms with Crippen LogP contribution in [0.25, 0.3) is 11.1 Å². The van der Waals surface area contributed by atoms with Crippen LogP contribution in [0.3, 0.4) is 0 Å². The van der Waals surface area contributed by atoms with Gasteiger partial charge in [0.15, 0.2) is 5.60 Å². The number of hydrogen-bond donors (Lipinski definition) is 3. The van der Waals surface area contributed by atoms with Gasteiger partial charge in [0.2, 0.25) is 5.91 Å². The molecule has 8 heteroatoms. The number of benzene rings is 2. The predicted molar refractivity (Wildman–Crippen MR) is 128 cm³/mol. The number of fused-ring (bicyclic) bond motifs is 3. The lowest BCUT2D eigenvalue weighted by molar-refractivity contribution is -0.167. The maximum absolute atomic E-state index is 13.3. The summed E-state index contributed by atoms with van der Waals surface area (Å²) in [4.78, 5) is 39.0. The minimum Gasteiger partial charge on any atom is -0.479 e. The molecule has 5 rings (SSSR count). The van der Waals surface area contributed by atoms with Gasteiger partial charge in [-0.05, 0) is 53.9 Å². The third-order valence-electron chi connectivity index (χ3n) is 7.68. The number of amides is 2. The van der Waals surface area contributed by atoms with Crippen molar-refractivity contribution in [2.45, 2.75) is 49.7 Å². The number of carbonyl (C=O) groups is 3. The average Bonchev–Trinajstić information content (AvgIpc) is 3.14. The van der Waals surface area contributed by atoms with Crippen LogP contribution >= 0.6 is 0 Å². The van der Waals surface area contributed by atoms with Crippen molar-refractivity contribution in [3.63, 3.8) is 0 Å². The number of likely N-dealkylation sites (tertiary alicyclic amines) is 1. The zero-order chi connectivity index (χ0) is 24.6. The number of aliphatic carboxylic acids is 1. The molecule has 2 atom stereocenters. The molecule has 0 radical (unpaired) electrons. The summed E-state index contributed by atoms with van der Waals surface area (Å²) in [6, 6.07) is 15.4. The number of β-amino-alcohol motifs (C(OH)–C–C–N with tert-alkyl or cyclic N) is 1. The number of ether oxygens (including phenoxy) is 1. The third-order valence-corrected chi connectivity index (χ3v) is 7.68. The van der Waals surface area contributed by atoms with Gasteiger partial charge in [0.05, 0.1) is 6.54 Å². The van der Waals surface area contributed by atoms with E-state index in [9.17, 15) is 24.6 Å². The first-order valence-corrected chi connectivity index (χ1v) is 12.2. The summed E-state index contributed by atoms with van der Waals surface area (Å²) in [5.41, 5.74) is 2.53. The minimum atomic E-state index is -1.96. The Morgan fingerprint density at radius 1 is 1.03 bits per heavy atom. The van der Waals surface area contributed by atoms with Gasteiger partial charge in [0.25, 0.3) is 0 Å². The Balaban J connectivity index is 1.26. The van der Waals surface area contributed by atoms with Crippen molar-refractivity contribution < 1.29 is 29.3 Å². The van der Waals surface area contributed by atoms with Gasteiger partial charge in [-0.15, -0.1) is 0 Å². The second-order valence-electron chi connectivity index (χ2n) is 9.84. The number of alkyl carbamates (subject to hydrolysis) is 1. The lowest BCUT2D eigenvalue weighted by atomic mass is 9.79. The van der Waals surface area contributed by atoms with E-state index in [1.807, 2.05) is 36.4 Å². The van der Waals surface area contributed by atoms with E-state index in [1.165, 1.54) is 4.90 Å². The standard InChI is InChI=1S/C27H30N2O6/c30-24(29-14-6-13-27(34,16-29)25(31)32)23(17-7-5-8-17)28-26(33)35-15-22-20-11-3-1-9-18(20)19-10-2-4-12-21(19)22/h1-4,9-12,17,22-23,34H,5-8,13-16H2,(H,28,33)(H,31,32). The number of rotatable bonds is 6. The van der Waals surface area contributed by atoms with Gasteiger partial charge in [-0.1, -0.05) is 55.0 Å². The fourth-order valence-corrected chi connectivity index (χ4v) is 5.52. The normalized spacial score (nSPS) is 22.5. The van der Waals surface area contributed by atoms with Crippen molar-refractivity contribution in [1.82, 2.24) is 10.2 Å². The molecule has 2 amide bonds. The highest BCUT2D eigenvalue weighted by molar-refractivity contribution is 5.87. The number of aliphatic hydroxyl groups is 1. The van der Waals surface area contributed by atoms with Crippen LogP contribution in [-0.4, -0.2) is 64.4 Å². The van der Waals surface area contributed by atoms with Crippen LogP contribution in [-0.2, 0) is 14.3 Å². The molecule has 1 heterocycles. The molecule has 0 bridgehead atoms. The predicted octanol–water partition coefficient (Wildman–Crippen LogP) is 3.13. The van der Waals surface area contributed by atoms with E-state index >= 15 is 0 Å². The van der Waals surface area contributed by atoms with Crippen LogP contribution < -0.4 is 5.32 Å².